The standard InChI is InChI=1S/C23H30O8/c1-30-17-8-13-7-14-9-18(11-16(26)10-15(25)5-3-2-4-6-24)31-23(29)21(14)22(28)20(13)19(27)12-17/h7-8,12,15-16,18,24-28H,2-6,9-11H2,1H3/t15-,16-,18+/m1/s1. The number of ether oxygens (including phenoxy) is 2. The molecule has 0 amide bonds. The first-order chi connectivity index (χ1) is 14.8. The Kier molecular flexibility index (Phi) is 7.59. The smallest absolute Gasteiger partial charge is 0.342 e. The average Bonchev–Trinajstić information content (AvgIpc) is 2.70. The van der Waals surface area contributed by atoms with E-state index in [0.717, 1.165) is 12.8 Å². The Morgan fingerprint density at radius 3 is 2.61 bits per heavy atom. The number of phenols is 2. The fourth-order valence-electron chi connectivity index (χ4n) is 4.17. The highest BCUT2D eigenvalue weighted by Crippen LogP contribution is 2.42. The molecule has 31 heavy (non-hydrogen) atoms. The second-order valence-corrected chi connectivity index (χ2v) is 8.09. The van der Waals surface area contributed by atoms with Crippen molar-refractivity contribution in [2.24, 2.45) is 0 Å². The summed E-state index contributed by atoms with van der Waals surface area (Å²) < 4.78 is 10.6. The Hall–Kier alpha value is -2.55. The van der Waals surface area contributed by atoms with Gasteiger partial charge in [0.05, 0.1) is 24.7 Å². The molecule has 8 nitrogen and oxygen atoms in total. The Morgan fingerprint density at radius 2 is 1.90 bits per heavy atom. The van der Waals surface area contributed by atoms with E-state index >= 15 is 0 Å². The number of rotatable bonds is 10. The number of hydrogen-bond donors (Lipinski definition) is 5. The van der Waals surface area contributed by atoms with E-state index in [4.69, 9.17) is 14.6 Å². The van der Waals surface area contributed by atoms with Gasteiger partial charge < -0.3 is 35.0 Å². The van der Waals surface area contributed by atoms with Crippen LogP contribution in [0.1, 0.15) is 54.4 Å². The van der Waals surface area contributed by atoms with Crippen molar-refractivity contribution in [2.45, 2.75) is 63.3 Å². The van der Waals surface area contributed by atoms with Gasteiger partial charge in [0.15, 0.2) is 0 Å². The molecule has 170 valence electrons. The number of hydrogen-bond acceptors (Lipinski definition) is 8. The van der Waals surface area contributed by atoms with Gasteiger partial charge in [0.1, 0.15) is 28.9 Å². The van der Waals surface area contributed by atoms with Gasteiger partial charge in [-0.15, -0.1) is 0 Å². The number of aromatic hydroxyl groups is 2. The topological polar surface area (TPSA) is 137 Å². The fraction of sp³-hybridized carbons (Fsp3) is 0.522. The third kappa shape index (κ3) is 5.39. The fourth-order valence-corrected chi connectivity index (χ4v) is 4.17. The lowest BCUT2D eigenvalue weighted by Crippen LogP contribution is -2.32. The van der Waals surface area contributed by atoms with Crippen LogP contribution in [0.3, 0.4) is 0 Å². The summed E-state index contributed by atoms with van der Waals surface area (Å²) in [7, 11) is 1.47. The number of phenolic OH excluding ortho intramolecular Hbond substituents is 2. The van der Waals surface area contributed by atoms with Gasteiger partial charge in [-0.05, 0) is 42.3 Å². The molecule has 0 radical (unpaired) electrons. The summed E-state index contributed by atoms with van der Waals surface area (Å²) in [5.74, 6) is -0.830. The van der Waals surface area contributed by atoms with E-state index in [1.807, 2.05) is 0 Å². The van der Waals surface area contributed by atoms with E-state index in [2.05, 4.69) is 0 Å². The first kappa shape index (κ1) is 23.1. The van der Waals surface area contributed by atoms with Crippen LogP contribution in [0.15, 0.2) is 18.2 Å². The lowest BCUT2D eigenvalue weighted by atomic mass is 9.90. The Morgan fingerprint density at radius 1 is 1.13 bits per heavy atom. The quantitative estimate of drug-likeness (QED) is 0.284. The molecule has 1 aliphatic rings. The first-order valence-corrected chi connectivity index (χ1v) is 10.6. The van der Waals surface area contributed by atoms with Gasteiger partial charge >= 0.3 is 5.97 Å². The Balaban J connectivity index is 1.71. The lowest BCUT2D eigenvalue weighted by Gasteiger charge is -2.28. The van der Waals surface area contributed by atoms with Crippen LogP contribution in [0, 0.1) is 0 Å². The molecule has 3 atom stereocenters. The molecule has 0 aromatic heterocycles. The van der Waals surface area contributed by atoms with Crippen LogP contribution in [0.25, 0.3) is 10.8 Å². The molecule has 8 heteroatoms. The number of aliphatic hydroxyl groups excluding tert-OH is 3. The molecular formula is C23H30O8. The van der Waals surface area contributed by atoms with E-state index < -0.39 is 24.3 Å². The number of fused-ring (bicyclic) bond motifs is 2. The summed E-state index contributed by atoms with van der Waals surface area (Å²) in [5.41, 5.74) is 0.582. The van der Waals surface area contributed by atoms with E-state index in [1.165, 1.54) is 13.2 Å². The summed E-state index contributed by atoms with van der Waals surface area (Å²) in [5, 5.41) is 50.8. The van der Waals surface area contributed by atoms with Crippen LogP contribution in [0.4, 0.5) is 0 Å². The molecule has 0 spiro atoms. The maximum absolute atomic E-state index is 12.6. The van der Waals surface area contributed by atoms with Crippen LogP contribution >= 0.6 is 0 Å². The minimum absolute atomic E-state index is 0.0163. The van der Waals surface area contributed by atoms with Gasteiger partial charge in [-0.2, -0.15) is 0 Å². The largest absolute Gasteiger partial charge is 0.507 e. The van der Waals surface area contributed by atoms with Crippen molar-refractivity contribution in [1.82, 2.24) is 0 Å². The molecule has 0 fully saturated rings. The molecule has 1 aliphatic heterocycles. The number of carbonyl (C=O) groups is 1. The number of aliphatic hydroxyl groups is 3. The number of methoxy groups -OCH3 is 1. The Labute approximate surface area is 180 Å². The van der Waals surface area contributed by atoms with Gasteiger partial charge in [0, 0.05) is 25.5 Å². The summed E-state index contributed by atoms with van der Waals surface area (Å²) in [4.78, 5) is 12.6. The van der Waals surface area contributed by atoms with Crippen LogP contribution in [-0.2, 0) is 11.2 Å². The maximum atomic E-state index is 12.6. The third-order valence-electron chi connectivity index (χ3n) is 5.68. The number of unbranched alkanes of at least 4 members (excludes halogenated alkanes) is 2. The van der Waals surface area contributed by atoms with Crippen molar-refractivity contribution in [3.8, 4) is 17.2 Å². The van der Waals surface area contributed by atoms with Crippen LogP contribution in [0.5, 0.6) is 17.2 Å². The highest BCUT2D eigenvalue weighted by atomic mass is 16.5. The SMILES string of the molecule is COc1cc(O)c2c(O)c3c(cc2c1)C[C@@H](C[C@H](O)C[C@H](O)CCCCCO)OC3=O. The van der Waals surface area contributed by atoms with Gasteiger partial charge in [-0.1, -0.05) is 12.8 Å². The van der Waals surface area contributed by atoms with Crippen LogP contribution in [-0.4, -0.2) is 63.5 Å². The maximum Gasteiger partial charge on any atom is 0.342 e. The lowest BCUT2D eigenvalue weighted by molar-refractivity contribution is 0.000693. The van der Waals surface area contributed by atoms with Gasteiger partial charge in [-0.25, -0.2) is 4.79 Å². The number of esters is 1. The molecule has 2 aromatic carbocycles. The van der Waals surface area contributed by atoms with Gasteiger partial charge in [0.25, 0.3) is 0 Å². The zero-order valence-electron chi connectivity index (χ0n) is 17.6. The molecule has 2 aromatic rings. The van der Waals surface area contributed by atoms with E-state index in [0.29, 0.717) is 36.0 Å². The molecule has 3 rings (SSSR count). The molecule has 1 heterocycles. The average molecular weight is 434 g/mol. The summed E-state index contributed by atoms with van der Waals surface area (Å²) in [6.07, 6.45) is 1.36. The minimum Gasteiger partial charge on any atom is -0.507 e. The normalized spacial score (nSPS) is 17.8. The zero-order chi connectivity index (χ0) is 22.5. The van der Waals surface area contributed by atoms with Crippen molar-refractivity contribution in [3.63, 3.8) is 0 Å². The van der Waals surface area contributed by atoms with Crippen LogP contribution in [0.2, 0.25) is 0 Å². The van der Waals surface area contributed by atoms with E-state index in [1.54, 1.807) is 12.1 Å². The van der Waals surface area contributed by atoms with Crippen molar-refractivity contribution >= 4 is 16.7 Å². The van der Waals surface area contributed by atoms with Crippen molar-refractivity contribution in [1.29, 1.82) is 0 Å². The molecule has 0 bridgehead atoms. The summed E-state index contributed by atoms with van der Waals surface area (Å²) in [6.45, 7) is 0.129. The minimum atomic E-state index is -0.842. The molecule has 5 N–H and O–H groups in total. The van der Waals surface area contributed by atoms with Crippen LogP contribution < -0.4 is 4.74 Å². The van der Waals surface area contributed by atoms with Crippen molar-refractivity contribution in [2.75, 3.05) is 13.7 Å². The molecular weight excluding hydrogens is 404 g/mol. The number of carbonyl (C=O) groups excluding carboxylic acids is 1. The monoisotopic (exact) mass is 434 g/mol. The predicted octanol–water partition coefficient (Wildman–Crippen LogP) is 2.40. The summed E-state index contributed by atoms with van der Waals surface area (Å²) >= 11 is 0. The molecule has 0 saturated heterocycles. The Bertz CT molecular complexity index is 926. The van der Waals surface area contributed by atoms with E-state index in [9.17, 15) is 25.2 Å². The van der Waals surface area contributed by atoms with Crippen molar-refractivity contribution in [3.05, 3.63) is 29.3 Å². The molecule has 0 unspecified atom stereocenters. The summed E-state index contributed by atoms with van der Waals surface area (Å²) in [6, 6.07) is 4.73. The van der Waals surface area contributed by atoms with E-state index in [-0.39, 0.29) is 41.9 Å². The highest BCUT2D eigenvalue weighted by Gasteiger charge is 2.32. The second-order valence-electron chi connectivity index (χ2n) is 8.09. The number of cyclic esters (lactones) is 1. The third-order valence-corrected chi connectivity index (χ3v) is 5.68. The second kappa shape index (κ2) is 10.2. The van der Waals surface area contributed by atoms with Gasteiger partial charge in [-0.3, -0.25) is 0 Å². The predicted molar refractivity (Wildman–Crippen MR) is 114 cm³/mol. The molecule has 0 saturated carbocycles. The van der Waals surface area contributed by atoms with Gasteiger partial charge in [0.2, 0.25) is 0 Å². The first-order valence-electron chi connectivity index (χ1n) is 10.6. The zero-order valence-corrected chi connectivity index (χ0v) is 17.6. The number of benzene rings is 2. The highest BCUT2D eigenvalue weighted by molar-refractivity contribution is 6.05. The molecule has 0 aliphatic carbocycles. The van der Waals surface area contributed by atoms with Crippen molar-refractivity contribution < 1.29 is 39.8 Å².